The molecule has 1 saturated heterocycles. The van der Waals surface area contributed by atoms with Gasteiger partial charge in [-0.1, -0.05) is 26.7 Å². The lowest BCUT2D eigenvalue weighted by atomic mass is 9.88. The van der Waals surface area contributed by atoms with Gasteiger partial charge in [0.1, 0.15) is 0 Å². The van der Waals surface area contributed by atoms with E-state index in [-0.39, 0.29) is 12.4 Å². The SMILES string of the molecule is CCC1CC(CC)C(CC(O)CCC2OCCO2)C1. The summed E-state index contributed by atoms with van der Waals surface area (Å²) in [5.74, 6) is 2.46. The minimum atomic E-state index is -0.178. The van der Waals surface area contributed by atoms with E-state index in [1.807, 2.05) is 0 Å². The first kappa shape index (κ1) is 15.3. The van der Waals surface area contributed by atoms with Gasteiger partial charge in [0.15, 0.2) is 6.29 Å². The Labute approximate surface area is 117 Å². The molecule has 0 aromatic carbocycles. The van der Waals surface area contributed by atoms with Gasteiger partial charge in [-0.25, -0.2) is 0 Å². The average Bonchev–Trinajstić information content (AvgIpc) is 3.05. The van der Waals surface area contributed by atoms with E-state index < -0.39 is 0 Å². The van der Waals surface area contributed by atoms with Crippen LogP contribution in [0.3, 0.4) is 0 Å². The van der Waals surface area contributed by atoms with Crippen LogP contribution in [0, 0.1) is 17.8 Å². The van der Waals surface area contributed by atoms with Crippen LogP contribution in [-0.4, -0.2) is 30.7 Å². The maximum Gasteiger partial charge on any atom is 0.157 e. The third kappa shape index (κ3) is 4.44. The lowest BCUT2D eigenvalue weighted by molar-refractivity contribution is -0.0552. The van der Waals surface area contributed by atoms with Gasteiger partial charge in [0.2, 0.25) is 0 Å². The lowest BCUT2D eigenvalue weighted by Gasteiger charge is -2.21. The van der Waals surface area contributed by atoms with Gasteiger partial charge >= 0.3 is 0 Å². The van der Waals surface area contributed by atoms with E-state index in [9.17, 15) is 5.11 Å². The van der Waals surface area contributed by atoms with Crippen molar-refractivity contribution in [1.29, 1.82) is 0 Å². The normalized spacial score (nSPS) is 33.9. The molecule has 0 aromatic rings. The quantitative estimate of drug-likeness (QED) is 0.771. The summed E-state index contributed by atoms with van der Waals surface area (Å²) in [6.45, 7) is 6.01. The van der Waals surface area contributed by atoms with Crippen molar-refractivity contribution in [3.63, 3.8) is 0 Å². The highest BCUT2D eigenvalue weighted by atomic mass is 16.7. The molecule has 112 valence electrons. The number of hydrogen-bond donors (Lipinski definition) is 1. The molecule has 1 saturated carbocycles. The number of rotatable bonds is 7. The molecule has 0 amide bonds. The molecule has 3 nitrogen and oxygen atoms in total. The molecule has 2 rings (SSSR count). The Balaban J connectivity index is 1.69. The standard InChI is InChI=1S/C16H30O3/c1-3-12-9-13(4-2)14(10-12)11-15(17)5-6-16-18-7-8-19-16/h12-17H,3-11H2,1-2H3. The number of ether oxygens (including phenoxy) is 2. The Bertz CT molecular complexity index is 250. The molecule has 0 bridgehead atoms. The molecule has 0 aromatic heterocycles. The van der Waals surface area contributed by atoms with Crippen molar-refractivity contribution in [2.24, 2.45) is 17.8 Å². The molecular weight excluding hydrogens is 240 g/mol. The summed E-state index contributed by atoms with van der Waals surface area (Å²) < 4.78 is 10.8. The Morgan fingerprint density at radius 2 is 1.74 bits per heavy atom. The molecule has 1 heterocycles. The average molecular weight is 270 g/mol. The topological polar surface area (TPSA) is 38.7 Å². The van der Waals surface area contributed by atoms with Crippen LogP contribution in [0.25, 0.3) is 0 Å². The van der Waals surface area contributed by atoms with E-state index in [1.54, 1.807) is 0 Å². The van der Waals surface area contributed by atoms with Gasteiger partial charge in [-0.15, -0.1) is 0 Å². The van der Waals surface area contributed by atoms with Gasteiger partial charge < -0.3 is 14.6 Å². The molecule has 0 spiro atoms. The molecule has 19 heavy (non-hydrogen) atoms. The number of hydrogen-bond acceptors (Lipinski definition) is 3. The fourth-order valence-corrected chi connectivity index (χ4v) is 3.83. The second-order valence-corrected chi connectivity index (χ2v) is 6.31. The first-order chi connectivity index (χ1) is 9.22. The van der Waals surface area contributed by atoms with Crippen molar-refractivity contribution in [3.8, 4) is 0 Å². The minimum Gasteiger partial charge on any atom is -0.393 e. The third-order valence-electron chi connectivity index (χ3n) is 5.04. The summed E-state index contributed by atoms with van der Waals surface area (Å²) in [4.78, 5) is 0. The summed E-state index contributed by atoms with van der Waals surface area (Å²) in [6, 6.07) is 0. The van der Waals surface area contributed by atoms with E-state index in [4.69, 9.17) is 9.47 Å². The molecule has 1 aliphatic carbocycles. The maximum absolute atomic E-state index is 10.2. The molecule has 1 N–H and O–H groups in total. The molecule has 4 unspecified atom stereocenters. The Kier molecular flexibility index (Phi) is 6.11. The summed E-state index contributed by atoms with van der Waals surface area (Å²) in [7, 11) is 0. The molecular formula is C16H30O3. The zero-order chi connectivity index (χ0) is 13.7. The maximum atomic E-state index is 10.2. The summed E-state index contributed by atoms with van der Waals surface area (Å²) in [5.41, 5.74) is 0. The molecule has 2 fully saturated rings. The van der Waals surface area contributed by atoms with E-state index >= 15 is 0 Å². The van der Waals surface area contributed by atoms with E-state index in [0.717, 1.165) is 37.0 Å². The second kappa shape index (κ2) is 7.61. The highest BCUT2D eigenvalue weighted by Gasteiger charge is 2.33. The van der Waals surface area contributed by atoms with E-state index in [1.165, 1.54) is 25.7 Å². The van der Waals surface area contributed by atoms with Crippen molar-refractivity contribution >= 4 is 0 Å². The third-order valence-corrected chi connectivity index (χ3v) is 5.04. The Morgan fingerprint density at radius 3 is 2.37 bits per heavy atom. The fourth-order valence-electron chi connectivity index (χ4n) is 3.83. The lowest BCUT2D eigenvalue weighted by Crippen LogP contribution is -2.19. The molecule has 3 heteroatoms. The molecule has 0 radical (unpaired) electrons. The van der Waals surface area contributed by atoms with E-state index in [0.29, 0.717) is 13.2 Å². The predicted octanol–water partition coefficient (Wildman–Crippen LogP) is 3.35. The highest BCUT2D eigenvalue weighted by molar-refractivity contribution is 4.83. The van der Waals surface area contributed by atoms with Crippen molar-refractivity contribution in [3.05, 3.63) is 0 Å². The van der Waals surface area contributed by atoms with Crippen LogP contribution < -0.4 is 0 Å². The summed E-state index contributed by atoms with van der Waals surface area (Å²) in [6.07, 6.45) is 7.64. The van der Waals surface area contributed by atoms with Gasteiger partial charge in [-0.3, -0.25) is 0 Å². The Hall–Kier alpha value is -0.120. The van der Waals surface area contributed by atoms with Gasteiger partial charge in [0.05, 0.1) is 19.3 Å². The summed E-state index contributed by atoms with van der Waals surface area (Å²) >= 11 is 0. The largest absolute Gasteiger partial charge is 0.393 e. The molecule has 4 atom stereocenters. The van der Waals surface area contributed by atoms with Crippen molar-refractivity contribution in [1.82, 2.24) is 0 Å². The molecule has 1 aliphatic heterocycles. The van der Waals surface area contributed by atoms with Crippen molar-refractivity contribution in [2.75, 3.05) is 13.2 Å². The predicted molar refractivity (Wildman–Crippen MR) is 75.8 cm³/mol. The van der Waals surface area contributed by atoms with Crippen LogP contribution in [0.5, 0.6) is 0 Å². The van der Waals surface area contributed by atoms with Crippen LogP contribution in [0.4, 0.5) is 0 Å². The van der Waals surface area contributed by atoms with Crippen LogP contribution in [0.2, 0.25) is 0 Å². The van der Waals surface area contributed by atoms with Gasteiger partial charge in [-0.05, 0) is 43.4 Å². The minimum absolute atomic E-state index is 0.0661. The van der Waals surface area contributed by atoms with Gasteiger partial charge in [-0.2, -0.15) is 0 Å². The van der Waals surface area contributed by atoms with Crippen LogP contribution in [0.15, 0.2) is 0 Å². The first-order valence-corrected chi connectivity index (χ1v) is 8.14. The molecule has 2 aliphatic rings. The van der Waals surface area contributed by atoms with Crippen LogP contribution in [0.1, 0.15) is 58.8 Å². The van der Waals surface area contributed by atoms with Gasteiger partial charge in [0, 0.05) is 6.42 Å². The smallest absolute Gasteiger partial charge is 0.157 e. The fraction of sp³-hybridized carbons (Fsp3) is 1.00. The Morgan fingerprint density at radius 1 is 1.05 bits per heavy atom. The monoisotopic (exact) mass is 270 g/mol. The zero-order valence-electron chi connectivity index (χ0n) is 12.5. The zero-order valence-corrected chi connectivity index (χ0v) is 12.5. The number of aliphatic hydroxyl groups excluding tert-OH is 1. The highest BCUT2D eigenvalue weighted by Crippen LogP contribution is 2.42. The number of aliphatic hydroxyl groups is 1. The first-order valence-electron chi connectivity index (χ1n) is 8.14. The summed E-state index contributed by atoms with van der Waals surface area (Å²) in [5, 5.41) is 10.2. The van der Waals surface area contributed by atoms with Gasteiger partial charge in [0.25, 0.3) is 0 Å². The second-order valence-electron chi connectivity index (χ2n) is 6.31. The van der Waals surface area contributed by atoms with Crippen LogP contribution in [-0.2, 0) is 9.47 Å². The van der Waals surface area contributed by atoms with E-state index in [2.05, 4.69) is 13.8 Å². The van der Waals surface area contributed by atoms with Crippen LogP contribution >= 0.6 is 0 Å². The van der Waals surface area contributed by atoms with Crippen molar-refractivity contribution in [2.45, 2.75) is 71.2 Å². The van der Waals surface area contributed by atoms with Crippen molar-refractivity contribution < 1.29 is 14.6 Å².